The molecule has 0 amide bonds. The molecular formula is C16H22N2OS. The number of thiazole rings is 1. The molecule has 0 spiro atoms. The lowest BCUT2D eigenvalue weighted by molar-refractivity contribution is 0.154. The zero-order valence-electron chi connectivity index (χ0n) is 12.1. The maximum atomic E-state index is 9.19. The minimum atomic E-state index is 0.230. The van der Waals surface area contributed by atoms with Crippen LogP contribution < -0.4 is 0 Å². The number of hydrogen-bond acceptors (Lipinski definition) is 4. The number of aliphatic hydroxyl groups is 1. The summed E-state index contributed by atoms with van der Waals surface area (Å²) in [6.45, 7) is 6.23. The molecule has 1 unspecified atom stereocenters. The highest BCUT2D eigenvalue weighted by molar-refractivity contribution is 7.11. The Bertz CT molecular complexity index is 512. The van der Waals surface area contributed by atoms with Crippen LogP contribution in [0.25, 0.3) is 0 Å². The smallest absolute Gasteiger partial charge is 0.0897 e. The van der Waals surface area contributed by atoms with Crippen molar-refractivity contribution in [2.45, 2.75) is 39.4 Å². The molecule has 1 N–H and O–H groups in total. The molecule has 0 saturated heterocycles. The van der Waals surface area contributed by atoms with E-state index in [2.05, 4.69) is 41.1 Å². The fourth-order valence-corrected chi connectivity index (χ4v) is 3.05. The molecule has 2 rings (SSSR count). The number of benzene rings is 1. The Labute approximate surface area is 124 Å². The third kappa shape index (κ3) is 4.40. The molecule has 1 aromatic heterocycles. The van der Waals surface area contributed by atoms with E-state index in [9.17, 15) is 5.11 Å². The predicted octanol–water partition coefficient (Wildman–Crippen LogP) is 3.22. The summed E-state index contributed by atoms with van der Waals surface area (Å²) in [7, 11) is 0. The predicted molar refractivity (Wildman–Crippen MR) is 83.7 cm³/mol. The van der Waals surface area contributed by atoms with E-state index in [1.54, 1.807) is 11.3 Å². The molecule has 2 aromatic rings. The Morgan fingerprint density at radius 3 is 2.60 bits per heavy atom. The summed E-state index contributed by atoms with van der Waals surface area (Å²) in [5, 5.41) is 10.3. The summed E-state index contributed by atoms with van der Waals surface area (Å²) in [6, 6.07) is 10.8. The topological polar surface area (TPSA) is 36.4 Å². The standard InChI is InChI=1S/C16H22N2OS/c1-13(8-9-19)18(11-15-6-4-3-5-7-15)12-16-10-17-14(2)20-16/h3-7,10,13,19H,8-9,11-12H2,1-2H3. The Hall–Kier alpha value is -1.23. The molecule has 108 valence electrons. The second kappa shape index (κ2) is 7.53. The van der Waals surface area contributed by atoms with Gasteiger partial charge in [0.2, 0.25) is 0 Å². The quantitative estimate of drug-likeness (QED) is 0.850. The van der Waals surface area contributed by atoms with Gasteiger partial charge in [-0.1, -0.05) is 30.3 Å². The Morgan fingerprint density at radius 2 is 2.00 bits per heavy atom. The lowest BCUT2D eigenvalue weighted by Crippen LogP contribution is -2.32. The minimum Gasteiger partial charge on any atom is -0.396 e. The van der Waals surface area contributed by atoms with Gasteiger partial charge in [0.05, 0.1) is 5.01 Å². The number of aliphatic hydroxyl groups excluding tert-OH is 1. The summed E-state index contributed by atoms with van der Waals surface area (Å²) in [5.74, 6) is 0. The molecule has 0 aliphatic carbocycles. The van der Waals surface area contributed by atoms with Crippen molar-refractivity contribution in [1.29, 1.82) is 0 Å². The van der Waals surface area contributed by atoms with E-state index in [4.69, 9.17) is 0 Å². The molecule has 0 aliphatic heterocycles. The van der Waals surface area contributed by atoms with Gasteiger partial charge in [-0.15, -0.1) is 11.3 Å². The summed E-state index contributed by atoms with van der Waals surface area (Å²) < 4.78 is 0. The monoisotopic (exact) mass is 290 g/mol. The van der Waals surface area contributed by atoms with Crippen molar-refractivity contribution in [2.24, 2.45) is 0 Å². The summed E-state index contributed by atoms with van der Waals surface area (Å²) in [5.41, 5.74) is 1.30. The van der Waals surface area contributed by atoms with Crippen molar-refractivity contribution in [1.82, 2.24) is 9.88 Å². The average Bonchev–Trinajstić information content (AvgIpc) is 2.85. The van der Waals surface area contributed by atoms with Crippen LogP contribution in [0.1, 0.15) is 28.8 Å². The average molecular weight is 290 g/mol. The van der Waals surface area contributed by atoms with Crippen LogP contribution in [0.3, 0.4) is 0 Å². The largest absolute Gasteiger partial charge is 0.396 e. The van der Waals surface area contributed by atoms with E-state index in [0.717, 1.165) is 24.5 Å². The highest BCUT2D eigenvalue weighted by atomic mass is 32.1. The van der Waals surface area contributed by atoms with Gasteiger partial charge in [0.25, 0.3) is 0 Å². The summed E-state index contributed by atoms with van der Waals surface area (Å²) in [4.78, 5) is 8.01. The van der Waals surface area contributed by atoms with Crippen LogP contribution in [0.5, 0.6) is 0 Å². The van der Waals surface area contributed by atoms with E-state index in [1.165, 1.54) is 10.4 Å². The number of aromatic nitrogens is 1. The zero-order chi connectivity index (χ0) is 14.4. The van der Waals surface area contributed by atoms with E-state index in [1.807, 2.05) is 19.2 Å². The van der Waals surface area contributed by atoms with Crippen molar-refractivity contribution < 1.29 is 5.11 Å². The highest BCUT2D eigenvalue weighted by Gasteiger charge is 2.15. The van der Waals surface area contributed by atoms with Gasteiger partial charge in [0.1, 0.15) is 0 Å². The van der Waals surface area contributed by atoms with Crippen molar-refractivity contribution in [3.63, 3.8) is 0 Å². The SMILES string of the molecule is Cc1ncc(CN(Cc2ccccc2)C(C)CCO)s1. The van der Waals surface area contributed by atoms with Crippen LogP contribution in [0.2, 0.25) is 0 Å². The first kappa shape index (κ1) is 15.2. The maximum absolute atomic E-state index is 9.19. The normalized spacial score (nSPS) is 12.8. The summed E-state index contributed by atoms with van der Waals surface area (Å²) in [6.07, 6.45) is 2.76. The van der Waals surface area contributed by atoms with Crippen molar-refractivity contribution in [2.75, 3.05) is 6.61 Å². The van der Waals surface area contributed by atoms with Crippen LogP contribution in [-0.4, -0.2) is 27.6 Å². The van der Waals surface area contributed by atoms with Crippen LogP contribution >= 0.6 is 11.3 Å². The molecule has 0 radical (unpaired) electrons. The molecule has 3 nitrogen and oxygen atoms in total. The second-order valence-electron chi connectivity index (χ2n) is 5.10. The van der Waals surface area contributed by atoms with Crippen molar-refractivity contribution in [3.8, 4) is 0 Å². The van der Waals surface area contributed by atoms with Crippen LogP contribution in [0, 0.1) is 6.92 Å². The Balaban J connectivity index is 2.07. The first-order valence-corrected chi connectivity index (χ1v) is 7.81. The summed E-state index contributed by atoms with van der Waals surface area (Å²) >= 11 is 1.75. The van der Waals surface area contributed by atoms with Gasteiger partial charge in [-0.2, -0.15) is 0 Å². The van der Waals surface area contributed by atoms with Gasteiger partial charge >= 0.3 is 0 Å². The van der Waals surface area contributed by atoms with E-state index < -0.39 is 0 Å². The number of hydrogen-bond donors (Lipinski definition) is 1. The molecule has 1 atom stereocenters. The first-order valence-electron chi connectivity index (χ1n) is 6.99. The van der Waals surface area contributed by atoms with E-state index >= 15 is 0 Å². The van der Waals surface area contributed by atoms with Crippen LogP contribution in [0.4, 0.5) is 0 Å². The number of rotatable bonds is 7. The lowest BCUT2D eigenvalue weighted by atomic mass is 10.1. The third-order valence-electron chi connectivity index (χ3n) is 3.43. The third-order valence-corrected chi connectivity index (χ3v) is 4.32. The molecule has 1 aromatic carbocycles. The minimum absolute atomic E-state index is 0.230. The molecule has 4 heteroatoms. The zero-order valence-corrected chi connectivity index (χ0v) is 12.9. The molecule has 0 aliphatic rings. The fraction of sp³-hybridized carbons (Fsp3) is 0.438. The van der Waals surface area contributed by atoms with Crippen LogP contribution in [-0.2, 0) is 13.1 Å². The molecule has 20 heavy (non-hydrogen) atoms. The van der Waals surface area contributed by atoms with E-state index in [-0.39, 0.29) is 6.61 Å². The Kier molecular flexibility index (Phi) is 5.71. The van der Waals surface area contributed by atoms with Crippen molar-refractivity contribution >= 4 is 11.3 Å². The number of nitrogens with zero attached hydrogens (tertiary/aromatic N) is 2. The van der Waals surface area contributed by atoms with Crippen LogP contribution in [0.15, 0.2) is 36.5 Å². The van der Waals surface area contributed by atoms with Gasteiger partial charge in [0, 0.05) is 36.8 Å². The fourth-order valence-electron chi connectivity index (χ4n) is 2.23. The molecule has 1 heterocycles. The number of aryl methyl sites for hydroxylation is 1. The molecule has 0 bridgehead atoms. The maximum Gasteiger partial charge on any atom is 0.0897 e. The van der Waals surface area contributed by atoms with Gasteiger partial charge in [-0.25, -0.2) is 4.98 Å². The van der Waals surface area contributed by atoms with Gasteiger partial charge in [-0.3, -0.25) is 4.90 Å². The van der Waals surface area contributed by atoms with Gasteiger partial charge in [0.15, 0.2) is 0 Å². The molecule has 0 fully saturated rings. The first-order chi connectivity index (χ1) is 9.69. The Morgan fingerprint density at radius 1 is 1.25 bits per heavy atom. The highest BCUT2D eigenvalue weighted by Crippen LogP contribution is 2.19. The van der Waals surface area contributed by atoms with Gasteiger partial charge < -0.3 is 5.11 Å². The van der Waals surface area contributed by atoms with Crippen molar-refractivity contribution in [3.05, 3.63) is 52.0 Å². The second-order valence-corrected chi connectivity index (χ2v) is 6.42. The van der Waals surface area contributed by atoms with E-state index in [0.29, 0.717) is 6.04 Å². The lowest BCUT2D eigenvalue weighted by Gasteiger charge is -2.28. The van der Waals surface area contributed by atoms with Gasteiger partial charge in [-0.05, 0) is 25.8 Å². The molecule has 0 saturated carbocycles. The molecular weight excluding hydrogens is 268 g/mol.